The van der Waals surface area contributed by atoms with Crippen LogP contribution in [0.1, 0.15) is 31.9 Å². The third-order valence-corrected chi connectivity index (χ3v) is 3.90. The first kappa shape index (κ1) is 18.1. The highest BCUT2D eigenvalue weighted by atomic mass is 35.5. The van der Waals surface area contributed by atoms with Crippen LogP contribution in [0.25, 0.3) is 11.6 Å². The van der Waals surface area contributed by atoms with Crippen molar-refractivity contribution in [2.75, 3.05) is 4.90 Å². The number of rotatable bonds is 1. The van der Waals surface area contributed by atoms with Crippen LogP contribution in [0, 0.1) is 5.82 Å². The Morgan fingerprint density at radius 2 is 1.92 bits per heavy atom. The Hall–Kier alpha value is -2.66. The summed E-state index contributed by atoms with van der Waals surface area (Å²) in [5, 5.41) is 0.521. The van der Waals surface area contributed by atoms with Gasteiger partial charge < -0.3 is 4.74 Å². The molecule has 4 nitrogen and oxygen atoms in total. The van der Waals surface area contributed by atoms with Gasteiger partial charge in [0.1, 0.15) is 11.4 Å². The van der Waals surface area contributed by atoms with Crippen LogP contribution in [-0.2, 0) is 9.53 Å². The molecular formula is C20H17ClFNO3. The van der Waals surface area contributed by atoms with Crippen molar-refractivity contribution in [3.8, 4) is 0 Å². The first-order valence-electron chi connectivity index (χ1n) is 8.00. The summed E-state index contributed by atoms with van der Waals surface area (Å²) in [6.45, 7) is 5.09. The fraction of sp³-hybridized carbons (Fsp3) is 0.200. The largest absolute Gasteiger partial charge is 0.443 e. The fourth-order valence-corrected chi connectivity index (χ4v) is 2.85. The topological polar surface area (TPSA) is 46.6 Å². The number of fused-ring (bicyclic) bond motifs is 1. The Bertz CT molecular complexity index is 931. The molecule has 0 saturated heterocycles. The summed E-state index contributed by atoms with van der Waals surface area (Å²) in [4.78, 5) is 26.3. The predicted molar refractivity (Wildman–Crippen MR) is 99.4 cm³/mol. The molecule has 0 aromatic heterocycles. The summed E-state index contributed by atoms with van der Waals surface area (Å²) >= 11 is 5.99. The van der Waals surface area contributed by atoms with Gasteiger partial charge >= 0.3 is 6.09 Å². The Morgan fingerprint density at radius 3 is 2.58 bits per heavy atom. The van der Waals surface area contributed by atoms with E-state index in [0.717, 1.165) is 11.0 Å². The second kappa shape index (κ2) is 6.57. The van der Waals surface area contributed by atoms with Gasteiger partial charge in [-0.2, -0.15) is 0 Å². The van der Waals surface area contributed by atoms with Crippen molar-refractivity contribution < 1.29 is 18.7 Å². The molecule has 0 unspecified atom stereocenters. The first-order chi connectivity index (χ1) is 12.2. The molecule has 1 aliphatic heterocycles. The minimum Gasteiger partial charge on any atom is -0.443 e. The smallest absolute Gasteiger partial charge is 0.422 e. The molecule has 1 aliphatic rings. The third-order valence-electron chi connectivity index (χ3n) is 3.66. The standard InChI is InChI=1S/C20H17ClFNO3/c1-20(2,3)26-19(25)23-17-11-14(22)7-8-15(17)16(18(23)24)10-12-5-4-6-13(21)9-12/h4-11H,1-3H3/b16-10-. The van der Waals surface area contributed by atoms with Crippen molar-refractivity contribution in [3.05, 3.63) is 64.4 Å². The van der Waals surface area contributed by atoms with Crippen molar-refractivity contribution in [1.82, 2.24) is 0 Å². The average Bonchev–Trinajstić information content (AvgIpc) is 2.77. The maximum atomic E-state index is 13.7. The lowest BCUT2D eigenvalue weighted by Crippen LogP contribution is -2.38. The summed E-state index contributed by atoms with van der Waals surface area (Å²) in [5.74, 6) is -1.12. The third kappa shape index (κ3) is 3.63. The molecule has 6 heteroatoms. The summed E-state index contributed by atoms with van der Waals surface area (Å²) < 4.78 is 19.0. The highest BCUT2D eigenvalue weighted by molar-refractivity contribution is 6.41. The van der Waals surface area contributed by atoms with Crippen LogP contribution in [0.15, 0.2) is 42.5 Å². The van der Waals surface area contributed by atoms with Crippen LogP contribution in [-0.4, -0.2) is 17.6 Å². The van der Waals surface area contributed by atoms with E-state index in [1.54, 1.807) is 51.1 Å². The molecule has 26 heavy (non-hydrogen) atoms. The van der Waals surface area contributed by atoms with Gasteiger partial charge in [0.05, 0.1) is 11.3 Å². The number of amides is 2. The van der Waals surface area contributed by atoms with Crippen LogP contribution in [0.3, 0.4) is 0 Å². The Kier molecular flexibility index (Phi) is 4.59. The Balaban J connectivity index is 2.09. The molecule has 0 bridgehead atoms. The van der Waals surface area contributed by atoms with E-state index in [4.69, 9.17) is 16.3 Å². The minimum atomic E-state index is -0.844. The molecule has 0 fully saturated rings. The van der Waals surface area contributed by atoms with E-state index in [1.165, 1.54) is 12.1 Å². The van der Waals surface area contributed by atoms with Gasteiger partial charge in [0, 0.05) is 10.6 Å². The highest BCUT2D eigenvalue weighted by Crippen LogP contribution is 2.39. The number of imide groups is 1. The van der Waals surface area contributed by atoms with Gasteiger partial charge in [0.15, 0.2) is 0 Å². The van der Waals surface area contributed by atoms with E-state index in [0.29, 0.717) is 16.1 Å². The zero-order valence-corrected chi connectivity index (χ0v) is 15.3. The Labute approximate surface area is 155 Å². The molecule has 0 saturated carbocycles. The number of halogens is 2. The van der Waals surface area contributed by atoms with Gasteiger partial charge in [-0.15, -0.1) is 0 Å². The van der Waals surface area contributed by atoms with E-state index in [-0.39, 0.29) is 11.3 Å². The number of hydrogen-bond donors (Lipinski definition) is 0. The van der Waals surface area contributed by atoms with Gasteiger partial charge in [-0.3, -0.25) is 4.79 Å². The summed E-state index contributed by atoms with van der Waals surface area (Å²) in [7, 11) is 0. The van der Waals surface area contributed by atoms with Gasteiger partial charge in [0.25, 0.3) is 5.91 Å². The lowest BCUT2D eigenvalue weighted by atomic mass is 10.0. The SMILES string of the molecule is CC(C)(C)OC(=O)N1C(=O)/C(=C\c2cccc(Cl)c2)c2ccc(F)cc21. The predicted octanol–water partition coefficient (Wildman–Crippen LogP) is 5.30. The molecule has 2 amide bonds. The molecule has 3 rings (SSSR count). The molecular weight excluding hydrogens is 357 g/mol. The van der Waals surface area contributed by atoms with E-state index < -0.39 is 23.4 Å². The monoisotopic (exact) mass is 373 g/mol. The van der Waals surface area contributed by atoms with Crippen LogP contribution < -0.4 is 4.90 Å². The number of anilines is 1. The number of benzene rings is 2. The lowest BCUT2D eigenvalue weighted by Gasteiger charge is -2.23. The van der Waals surface area contributed by atoms with E-state index in [9.17, 15) is 14.0 Å². The van der Waals surface area contributed by atoms with E-state index >= 15 is 0 Å². The van der Waals surface area contributed by atoms with Crippen molar-refractivity contribution in [1.29, 1.82) is 0 Å². The second-order valence-electron chi connectivity index (χ2n) is 6.90. The normalized spacial score (nSPS) is 15.3. The minimum absolute atomic E-state index is 0.164. The summed E-state index contributed by atoms with van der Waals surface area (Å²) in [6.07, 6.45) is 0.777. The molecule has 0 spiro atoms. The van der Waals surface area contributed by atoms with Gasteiger partial charge in [-0.05, 0) is 62.7 Å². The molecule has 0 N–H and O–H groups in total. The summed E-state index contributed by atoms with van der Waals surface area (Å²) in [6, 6.07) is 10.8. The van der Waals surface area contributed by atoms with Crippen molar-refractivity contribution >= 4 is 40.9 Å². The highest BCUT2D eigenvalue weighted by Gasteiger charge is 2.39. The fourth-order valence-electron chi connectivity index (χ4n) is 2.65. The van der Waals surface area contributed by atoms with Crippen LogP contribution in [0.2, 0.25) is 5.02 Å². The molecule has 0 atom stereocenters. The number of ether oxygens (including phenoxy) is 1. The Morgan fingerprint density at radius 1 is 1.19 bits per heavy atom. The number of hydrogen-bond acceptors (Lipinski definition) is 3. The number of nitrogens with zero attached hydrogens (tertiary/aromatic N) is 1. The number of carbonyl (C=O) groups excluding carboxylic acids is 2. The summed E-state index contributed by atoms with van der Waals surface area (Å²) in [5.41, 5.74) is 0.805. The molecule has 2 aromatic carbocycles. The van der Waals surface area contributed by atoms with Gasteiger partial charge in [-0.25, -0.2) is 14.1 Å². The quantitative estimate of drug-likeness (QED) is 0.637. The maximum Gasteiger partial charge on any atom is 0.422 e. The van der Waals surface area contributed by atoms with Crippen molar-refractivity contribution in [3.63, 3.8) is 0 Å². The molecule has 2 aromatic rings. The molecule has 0 aliphatic carbocycles. The molecule has 0 radical (unpaired) electrons. The van der Waals surface area contributed by atoms with Gasteiger partial charge in [0.2, 0.25) is 0 Å². The number of carbonyl (C=O) groups is 2. The van der Waals surface area contributed by atoms with E-state index in [1.807, 2.05) is 0 Å². The zero-order chi connectivity index (χ0) is 19.1. The average molecular weight is 374 g/mol. The van der Waals surface area contributed by atoms with Crippen LogP contribution in [0.4, 0.5) is 14.9 Å². The van der Waals surface area contributed by atoms with Crippen molar-refractivity contribution in [2.45, 2.75) is 26.4 Å². The van der Waals surface area contributed by atoms with E-state index in [2.05, 4.69) is 0 Å². The molecule has 1 heterocycles. The molecule has 134 valence electrons. The van der Waals surface area contributed by atoms with Crippen LogP contribution in [0.5, 0.6) is 0 Å². The maximum absolute atomic E-state index is 13.7. The van der Waals surface area contributed by atoms with Crippen molar-refractivity contribution in [2.24, 2.45) is 0 Å². The lowest BCUT2D eigenvalue weighted by molar-refractivity contribution is -0.112. The second-order valence-corrected chi connectivity index (χ2v) is 7.33. The zero-order valence-electron chi connectivity index (χ0n) is 14.5. The van der Waals surface area contributed by atoms with Crippen LogP contribution >= 0.6 is 11.6 Å². The first-order valence-corrected chi connectivity index (χ1v) is 8.38. The van der Waals surface area contributed by atoms with Gasteiger partial charge in [-0.1, -0.05) is 23.7 Å².